The van der Waals surface area contributed by atoms with Crippen LogP contribution in [0.5, 0.6) is 0 Å². The number of thiocarbonyl (C=S) groups is 1. The molecule has 18 heavy (non-hydrogen) atoms. The molecule has 3 N–H and O–H groups in total. The zero-order chi connectivity index (χ0) is 13.1. The number of nitrogens with zero attached hydrogens (tertiary/aromatic N) is 1. The van der Waals surface area contributed by atoms with Gasteiger partial charge in [-0.05, 0) is 32.1 Å². The molecule has 0 spiro atoms. The number of carbonyl (C=O) groups excluding carboxylic acids is 1. The Kier molecular flexibility index (Phi) is 4.29. The lowest BCUT2D eigenvalue weighted by molar-refractivity contribution is -0.118. The van der Waals surface area contributed by atoms with Gasteiger partial charge in [-0.3, -0.25) is 4.79 Å². The van der Waals surface area contributed by atoms with E-state index in [1.54, 1.807) is 11.3 Å². The van der Waals surface area contributed by atoms with E-state index in [-0.39, 0.29) is 10.9 Å². The van der Waals surface area contributed by atoms with Crippen molar-refractivity contribution in [1.82, 2.24) is 4.98 Å². The number of rotatable bonds is 4. The maximum absolute atomic E-state index is 12.0. The molecule has 6 heteroatoms. The molecule has 1 unspecified atom stereocenters. The largest absolute Gasteiger partial charge is 0.393 e. The van der Waals surface area contributed by atoms with E-state index in [0.29, 0.717) is 11.6 Å². The number of hydrogen-bond acceptors (Lipinski definition) is 4. The van der Waals surface area contributed by atoms with Crippen molar-refractivity contribution < 1.29 is 4.79 Å². The fourth-order valence-corrected chi connectivity index (χ4v) is 3.44. The van der Waals surface area contributed by atoms with E-state index < -0.39 is 5.92 Å². The summed E-state index contributed by atoms with van der Waals surface area (Å²) in [5, 5.41) is 3.51. The predicted molar refractivity (Wildman–Crippen MR) is 78.0 cm³/mol. The van der Waals surface area contributed by atoms with Crippen molar-refractivity contribution >= 4 is 39.6 Å². The quantitative estimate of drug-likeness (QED) is 0.832. The molecule has 4 nitrogen and oxygen atoms in total. The molecule has 1 aliphatic carbocycles. The third-order valence-corrected chi connectivity index (χ3v) is 4.50. The molecule has 0 fully saturated rings. The number of nitrogens with two attached hydrogens (primary N) is 1. The second kappa shape index (κ2) is 5.75. The van der Waals surface area contributed by atoms with Gasteiger partial charge in [0.25, 0.3) is 0 Å². The van der Waals surface area contributed by atoms with Gasteiger partial charge in [-0.15, -0.1) is 11.3 Å². The van der Waals surface area contributed by atoms with Crippen LogP contribution in [0.15, 0.2) is 0 Å². The number of fused-ring (bicyclic) bond motifs is 1. The number of nitrogens with one attached hydrogen (secondary N) is 1. The van der Waals surface area contributed by atoms with Crippen LogP contribution >= 0.6 is 23.6 Å². The third kappa shape index (κ3) is 2.87. The van der Waals surface area contributed by atoms with Crippen LogP contribution in [0.1, 0.15) is 36.8 Å². The first-order valence-electron chi connectivity index (χ1n) is 6.20. The van der Waals surface area contributed by atoms with Crippen molar-refractivity contribution in [2.45, 2.75) is 39.0 Å². The number of anilines is 1. The van der Waals surface area contributed by atoms with E-state index in [4.69, 9.17) is 18.0 Å². The lowest BCUT2D eigenvalue weighted by atomic mass is 10.0. The maximum Gasteiger partial charge on any atom is 0.236 e. The van der Waals surface area contributed by atoms with Crippen LogP contribution in [0.2, 0.25) is 0 Å². The van der Waals surface area contributed by atoms with Crippen molar-refractivity contribution in [3.05, 3.63) is 10.6 Å². The first-order chi connectivity index (χ1) is 8.61. The zero-order valence-electron chi connectivity index (χ0n) is 10.4. The average Bonchev–Trinajstić information content (AvgIpc) is 2.71. The van der Waals surface area contributed by atoms with Crippen LogP contribution in [-0.2, 0) is 17.6 Å². The lowest BCUT2D eigenvalue weighted by Gasteiger charge is -2.11. The Morgan fingerprint density at radius 2 is 2.28 bits per heavy atom. The summed E-state index contributed by atoms with van der Waals surface area (Å²) in [7, 11) is 0. The molecule has 1 aromatic heterocycles. The number of hydrogen-bond donors (Lipinski definition) is 2. The highest BCUT2D eigenvalue weighted by molar-refractivity contribution is 7.80. The van der Waals surface area contributed by atoms with E-state index in [9.17, 15) is 4.79 Å². The Labute approximate surface area is 116 Å². The highest BCUT2D eigenvalue weighted by Crippen LogP contribution is 2.29. The van der Waals surface area contributed by atoms with E-state index >= 15 is 0 Å². The molecule has 1 heterocycles. The Morgan fingerprint density at radius 1 is 1.56 bits per heavy atom. The van der Waals surface area contributed by atoms with Gasteiger partial charge in [0.2, 0.25) is 5.91 Å². The summed E-state index contributed by atoms with van der Waals surface area (Å²) in [6, 6.07) is 0. The smallest absolute Gasteiger partial charge is 0.236 e. The Balaban J connectivity index is 2.07. The van der Waals surface area contributed by atoms with E-state index in [1.807, 2.05) is 6.92 Å². The minimum absolute atomic E-state index is 0.143. The molecule has 0 radical (unpaired) electrons. The van der Waals surface area contributed by atoms with Gasteiger partial charge in [-0.1, -0.05) is 19.1 Å². The fraction of sp³-hybridized carbons (Fsp3) is 0.583. The molecular formula is C12H17N3OS2. The third-order valence-electron chi connectivity index (χ3n) is 3.14. The van der Waals surface area contributed by atoms with Crippen molar-refractivity contribution in [2.75, 3.05) is 5.32 Å². The molecule has 0 bridgehead atoms. The van der Waals surface area contributed by atoms with E-state index in [1.165, 1.54) is 17.7 Å². The van der Waals surface area contributed by atoms with Crippen molar-refractivity contribution in [2.24, 2.45) is 11.7 Å². The molecule has 0 aliphatic heterocycles. The zero-order valence-corrected chi connectivity index (χ0v) is 12.0. The summed E-state index contributed by atoms with van der Waals surface area (Å²) in [6.45, 7) is 1.90. The summed E-state index contributed by atoms with van der Waals surface area (Å²) in [4.78, 5) is 18.0. The molecule has 1 aliphatic rings. The van der Waals surface area contributed by atoms with Crippen LogP contribution < -0.4 is 11.1 Å². The van der Waals surface area contributed by atoms with Gasteiger partial charge >= 0.3 is 0 Å². The van der Waals surface area contributed by atoms with Gasteiger partial charge < -0.3 is 11.1 Å². The van der Waals surface area contributed by atoms with Crippen LogP contribution in [0.4, 0.5) is 5.13 Å². The molecule has 0 aromatic carbocycles. The monoisotopic (exact) mass is 283 g/mol. The topological polar surface area (TPSA) is 68.0 Å². The minimum Gasteiger partial charge on any atom is -0.393 e. The summed E-state index contributed by atoms with van der Waals surface area (Å²) < 4.78 is 0. The Morgan fingerprint density at radius 3 is 2.89 bits per heavy atom. The number of thiazole rings is 1. The molecule has 2 rings (SSSR count). The van der Waals surface area contributed by atoms with Crippen LogP contribution in [0.3, 0.4) is 0 Å². The summed E-state index contributed by atoms with van der Waals surface area (Å²) >= 11 is 6.47. The second-order valence-electron chi connectivity index (χ2n) is 4.45. The SMILES string of the molecule is CCC(C(=O)Nc1nc2c(s1)CCCC2)C(N)=S. The molecule has 1 amide bonds. The summed E-state index contributed by atoms with van der Waals surface area (Å²) in [6.07, 6.45) is 5.12. The van der Waals surface area contributed by atoms with Gasteiger partial charge in [-0.2, -0.15) is 0 Å². The van der Waals surface area contributed by atoms with Crippen molar-refractivity contribution in [1.29, 1.82) is 0 Å². The van der Waals surface area contributed by atoms with Crippen molar-refractivity contribution in [3.63, 3.8) is 0 Å². The molecule has 98 valence electrons. The molecule has 0 saturated heterocycles. The maximum atomic E-state index is 12.0. The van der Waals surface area contributed by atoms with Gasteiger partial charge in [0.05, 0.1) is 16.6 Å². The predicted octanol–water partition coefficient (Wildman–Crippen LogP) is 2.27. The number of aromatic nitrogens is 1. The summed E-state index contributed by atoms with van der Waals surface area (Å²) in [5.74, 6) is -0.544. The highest BCUT2D eigenvalue weighted by Gasteiger charge is 2.22. The lowest BCUT2D eigenvalue weighted by Crippen LogP contribution is -2.32. The molecule has 0 saturated carbocycles. The van der Waals surface area contributed by atoms with Gasteiger partial charge in [-0.25, -0.2) is 4.98 Å². The minimum atomic E-state index is -0.402. The molecular weight excluding hydrogens is 266 g/mol. The highest BCUT2D eigenvalue weighted by atomic mass is 32.1. The van der Waals surface area contributed by atoms with Crippen LogP contribution in [0.25, 0.3) is 0 Å². The van der Waals surface area contributed by atoms with E-state index in [0.717, 1.165) is 18.5 Å². The van der Waals surface area contributed by atoms with Gasteiger partial charge in [0.15, 0.2) is 5.13 Å². The number of amides is 1. The Bertz CT molecular complexity index is 446. The standard InChI is InChI=1S/C12H17N3OS2/c1-2-7(10(13)17)11(16)15-12-14-8-5-3-4-6-9(8)18-12/h7H,2-6H2,1H3,(H2,13,17)(H,14,15,16). The van der Waals surface area contributed by atoms with Gasteiger partial charge in [0, 0.05) is 4.88 Å². The normalized spacial score (nSPS) is 15.8. The first-order valence-corrected chi connectivity index (χ1v) is 7.43. The van der Waals surface area contributed by atoms with Crippen LogP contribution in [0, 0.1) is 5.92 Å². The Hall–Kier alpha value is -1.01. The number of aryl methyl sites for hydroxylation is 2. The molecule has 1 aromatic rings. The van der Waals surface area contributed by atoms with Gasteiger partial charge in [0.1, 0.15) is 0 Å². The second-order valence-corrected chi connectivity index (χ2v) is 6.00. The summed E-state index contributed by atoms with van der Waals surface area (Å²) in [5.41, 5.74) is 6.70. The molecule has 1 atom stereocenters. The number of carbonyl (C=O) groups is 1. The fourth-order valence-electron chi connectivity index (χ4n) is 2.11. The average molecular weight is 283 g/mol. The van der Waals surface area contributed by atoms with E-state index in [2.05, 4.69) is 10.3 Å². The van der Waals surface area contributed by atoms with Crippen LogP contribution in [-0.4, -0.2) is 15.9 Å². The first kappa shape index (κ1) is 13.4. The van der Waals surface area contributed by atoms with Crippen molar-refractivity contribution in [3.8, 4) is 0 Å².